The standard InChI is InChI=1S/C24H24N2O5/c1-14-11-17-12-16(4-5-19(17)31-14)22(27)20-21(15-6-8-25-9-7-15)26(24(29)23(20)28)13-18-3-2-10-30-18/h4-9,12,14,18,21,27H,2-3,10-11,13H2,1H3/b22-20-. The van der Waals surface area contributed by atoms with E-state index in [4.69, 9.17) is 9.47 Å². The number of fused-ring (bicyclic) bond motifs is 1. The molecule has 1 amide bonds. The number of benzene rings is 1. The monoisotopic (exact) mass is 420 g/mol. The number of ether oxygens (including phenoxy) is 2. The van der Waals surface area contributed by atoms with Crippen molar-refractivity contribution in [2.75, 3.05) is 13.2 Å². The van der Waals surface area contributed by atoms with Crippen molar-refractivity contribution in [2.45, 2.75) is 44.4 Å². The SMILES string of the molecule is CC1Cc2cc(/C(O)=C3/C(=O)C(=O)N(CC4CCCO4)C3c3ccncc3)ccc2O1. The van der Waals surface area contributed by atoms with Crippen molar-refractivity contribution in [3.8, 4) is 5.75 Å². The topological polar surface area (TPSA) is 89.0 Å². The first kappa shape index (κ1) is 19.8. The van der Waals surface area contributed by atoms with Crippen molar-refractivity contribution in [1.29, 1.82) is 0 Å². The molecule has 7 nitrogen and oxygen atoms in total. The molecule has 3 aliphatic heterocycles. The molecule has 3 atom stereocenters. The zero-order chi connectivity index (χ0) is 21.5. The van der Waals surface area contributed by atoms with Crippen LogP contribution in [0.15, 0.2) is 48.3 Å². The summed E-state index contributed by atoms with van der Waals surface area (Å²) in [6.45, 7) is 2.95. The molecule has 1 N–H and O–H groups in total. The van der Waals surface area contributed by atoms with Gasteiger partial charge in [0.2, 0.25) is 0 Å². The van der Waals surface area contributed by atoms with Crippen LogP contribution in [0.25, 0.3) is 5.76 Å². The quantitative estimate of drug-likeness (QED) is 0.465. The third-order valence-corrected chi connectivity index (χ3v) is 6.16. The molecule has 1 aromatic heterocycles. The molecule has 2 fully saturated rings. The zero-order valence-corrected chi connectivity index (χ0v) is 17.3. The van der Waals surface area contributed by atoms with Crippen molar-refractivity contribution in [3.05, 3.63) is 65.0 Å². The summed E-state index contributed by atoms with van der Waals surface area (Å²) in [5.74, 6) is -0.676. The van der Waals surface area contributed by atoms with E-state index in [1.165, 1.54) is 4.90 Å². The summed E-state index contributed by atoms with van der Waals surface area (Å²) in [6.07, 6.45) is 5.71. The normalized spacial score (nSPS) is 26.9. The molecule has 4 heterocycles. The molecule has 0 saturated carbocycles. The summed E-state index contributed by atoms with van der Waals surface area (Å²) in [7, 11) is 0. The molecule has 0 aliphatic carbocycles. The Balaban J connectivity index is 1.59. The van der Waals surface area contributed by atoms with Gasteiger partial charge in [-0.1, -0.05) is 0 Å². The minimum absolute atomic E-state index is 0.0706. The molecule has 31 heavy (non-hydrogen) atoms. The van der Waals surface area contributed by atoms with Crippen LogP contribution in [-0.4, -0.2) is 52.0 Å². The number of carbonyl (C=O) groups excluding carboxylic acids is 2. The van der Waals surface area contributed by atoms with Gasteiger partial charge in [-0.2, -0.15) is 0 Å². The number of aromatic nitrogens is 1. The Morgan fingerprint density at radius 1 is 1.23 bits per heavy atom. The highest BCUT2D eigenvalue weighted by Crippen LogP contribution is 2.41. The minimum Gasteiger partial charge on any atom is -0.507 e. The van der Waals surface area contributed by atoms with Gasteiger partial charge in [0.15, 0.2) is 0 Å². The Morgan fingerprint density at radius 2 is 2.03 bits per heavy atom. The Labute approximate surface area is 180 Å². The molecule has 0 radical (unpaired) electrons. The Bertz CT molecular complexity index is 1060. The van der Waals surface area contributed by atoms with E-state index in [9.17, 15) is 14.7 Å². The molecule has 0 spiro atoms. The average molecular weight is 420 g/mol. The first-order valence-corrected chi connectivity index (χ1v) is 10.6. The van der Waals surface area contributed by atoms with E-state index in [0.717, 1.165) is 36.1 Å². The van der Waals surface area contributed by atoms with Crippen molar-refractivity contribution in [2.24, 2.45) is 0 Å². The van der Waals surface area contributed by atoms with E-state index in [1.54, 1.807) is 36.7 Å². The van der Waals surface area contributed by atoms with E-state index >= 15 is 0 Å². The third-order valence-electron chi connectivity index (χ3n) is 6.16. The van der Waals surface area contributed by atoms with Gasteiger partial charge in [-0.25, -0.2) is 0 Å². The maximum Gasteiger partial charge on any atom is 0.295 e. The van der Waals surface area contributed by atoms with E-state index < -0.39 is 17.7 Å². The first-order valence-electron chi connectivity index (χ1n) is 10.6. The third kappa shape index (κ3) is 3.49. The molecule has 5 rings (SSSR count). The van der Waals surface area contributed by atoms with E-state index in [0.29, 0.717) is 18.7 Å². The molecule has 2 saturated heterocycles. The van der Waals surface area contributed by atoms with Gasteiger partial charge in [0.1, 0.15) is 17.6 Å². The molecule has 7 heteroatoms. The Hall–Kier alpha value is -3.19. The summed E-state index contributed by atoms with van der Waals surface area (Å²) in [4.78, 5) is 31.7. The van der Waals surface area contributed by atoms with Crippen LogP contribution in [0.1, 0.15) is 42.5 Å². The molecule has 1 aromatic carbocycles. The second kappa shape index (κ2) is 7.81. The van der Waals surface area contributed by atoms with E-state index in [1.807, 2.05) is 13.0 Å². The number of carbonyl (C=O) groups is 2. The van der Waals surface area contributed by atoms with Gasteiger partial charge < -0.3 is 19.5 Å². The van der Waals surface area contributed by atoms with Crippen LogP contribution in [0, 0.1) is 0 Å². The Kier molecular flexibility index (Phi) is 4.98. The molecule has 2 aromatic rings. The molecule has 0 bridgehead atoms. The highest BCUT2D eigenvalue weighted by atomic mass is 16.5. The molecule has 3 unspecified atom stereocenters. The second-order valence-electron chi connectivity index (χ2n) is 8.32. The number of aliphatic hydroxyl groups excluding tert-OH is 1. The number of pyridine rings is 1. The number of hydrogen-bond acceptors (Lipinski definition) is 6. The molecule has 160 valence electrons. The van der Waals surface area contributed by atoms with Gasteiger partial charge in [0.05, 0.1) is 17.7 Å². The number of ketones is 1. The number of hydrogen-bond donors (Lipinski definition) is 1. The number of rotatable bonds is 4. The van der Waals surface area contributed by atoms with Crippen LogP contribution in [0.2, 0.25) is 0 Å². The fourth-order valence-corrected chi connectivity index (χ4v) is 4.69. The van der Waals surface area contributed by atoms with Gasteiger partial charge in [-0.05, 0) is 61.2 Å². The van der Waals surface area contributed by atoms with Crippen molar-refractivity contribution < 1.29 is 24.2 Å². The summed E-state index contributed by atoms with van der Waals surface area (Å²) < 4.78 is 11.5. The van der Waals surface area contributed by atoms with Gasteiger partial charge in [-0.15, -0.1) is 0 Å². The number of nitrogens with zero attached hydrogens (tertiary/aromatic N) is 2. The molecular weight excluding hydrogens is 396 g/mol. The summed E-state index contributed by atoms with van der Waals surface area (Å²) in [5.41, 5.74) is 2.31. The van der Waals surface area contributed by atoms with Gasteiger partial charge in [-0.3, -0.25) is 14.6 Å². The van der Waals surface area contributed by atoms with Crippen LogP contribution in [0.4, 0.5) is 0 Å². The Morgan fingerprint density at radius 3 is 2.77 bits per heavy atom. The molecule has 3 aliphatic rings. The number of amides is 1. The summed E-state index contributed by atoms with van der Waals surface area (Å²) in [5, 5.41) is 11.2. The lowest BCUT2D eigenvalue weighted by atomic mass is 9.95. The van der Waals surface area contributed by atoms with Crippen molar-refractivity contribution in [3.63, 3.8) is 0 Å². The van der Waals surface area contributed by atoms with Crippen molar-refractivity contribution >= 4 is 17.4 Å². The lowest BCUT2D eigenvalue weighted by Gasteiger charge is -2.27. The van der Waals surface area contributed by atoms with Gasteiger partial charge in [0, 0.05) is 37.5 Å². The van der Waals surface area contributed by atoms with Crippen LogP contribution in [0.3, 0.4) is 0 Å². The van der Waals surface area contributed by atoms with E-state index in [2.05, 4.69) is 4.98 Å². The smallest absolute Gasteiger partial charge is 0.295 e. The van der Waals surface area contributed by atoms with Crippen LogP contribution >= 0.6 is 0 Å². The second-order valence-corrected chi connectivity index (χ2v) is 8.32. The highest BCUT2D eigenvalue weighted by Gasteiger charge is 2.47. The summed E-state index contributed by atoms with van der Waals surface area (Å²) >= 11 is 0. The number of likely N-dealkylation sites (tertiary alicyclic amines) is 1. The fourth-order valence-electron chi connectivity index (χ4n) is 4.69. The lowest BCUT2D eigenvalue weighted by molar-refractivity contribution is -0.140. The minimum atomic E-state index is -0.685. The first-order chi connectivity index (χ1) is 15.0. The predicted octanol–water partition coefficient (Wildman–Crippen LogP) is 3.01. The fraction of sp³-hybridized carbons (Fsp3) is 0.375. The van der Waals surface area contributed by atoms with Crippen LogP contribution in [-0.2, 0) is 20.7 Å². The van der Waals surface area contributed by atoms with Crippen molar-refractivity contribution in [1.82, 2.24) is 9.88 Å². The predicted molar refractivity (Wildman–Crippen MR) is 112 cm³/mol. The maximum atomic E-state index is 13.1. The maximum absolute atomic E-state index is 13.1. The molecular formula is C24H24N2O5. The highest BCUT2D eigenvalue weighted by molar-refractivity contribution is 6.46. The largest absolute Gasteiger partial charge is 0.507 e. The lowest BCUT2D eigenvalue weighted by Crippen LogP contribution is -2.36. The van der Waals surface area contributed by atoms with Crippen LogP contribution in [0.5, 0.6) is 5.75 Å². The van der Waals surface area contributed by atoms with Gasteiger partial charge >= 0.3 is 0 Å². The average Bonchev–Trinajstić information content (AvgIpc) is 3.48. The number of Topliss-reactive ketones (excluding diaryl/α,β-unsaturated/α-hetero) is 1. The van der Waals surface area contributed by atoms with Gasteiger partial charge in [0.25, 0.3) is 11.7 Å². The van der Waals surface area contributed by atoms with Crippen LogP contribution < -0.4 is 4.74 Å². The zero-order valence-electron chi connectivity index (χ0n) is 17.3. The summed E-state index contributed by atoms with van der Waals surface area (Å²) in [6, 6.07) is 8.22. The number of aliphatic hydroxyl groups is 1. The van der Waals surface area contributed by atoms with E-state index in [-0.39, 0.29) is 23.5 Å².